The Bertz CT molecular complexity index is 762. The third-order valence-electron chi connectivity index (χ3n) is 2.85. The molecule has 0 saturated carbocycles. The number of nitrogens with zero attached hydrogens (tertiary/aromatic N) is 5. The fraction of sp³-hybridized carbons (Fsp3) is 0.250. The molecule has 0 atom stereocenters. The largest absolute Gasteiger partial charge is 0.269 e. The molecule has 0 fully saturated rings. The van der Waals surface area contributed by atoms with E-state index >= 15 is 0 Å². The lowest BCUT2D eigenvalue weighted by Crippen LogP contribution is -1.95. The molecule has 0 amide bonds. The molecule has 102 valence electrons. The second kappa shape index (κ2) is 4.97. The molecule has 0 saturated heterocycles. The van der Waals surface area contributed by atoms with Crippen LogP contribution in [0.2, 0.25) is 0 Å². The summed E-state index contributed by atoms with van der Waals surface area (Å²) in [7, 11) is 0. The van der Waals surface area contributed by atoms with Gasteiger partial charge in [-0.25, -0.2) is 0 Å². The summed E-state index contributed by atoms with van der Waals surface area (Å²) in [5.41, 5.74) is 0.914. The molecule has 1 aromatic carbocycles. The van der Waals surface area contributed by atoms with Crippen LogP contribution < -0.4 is 0 Å². The van der Waals surface area contributed by atoms with Gasteiger partial charge < -0.3 is 0 Å². The van der Waals surface area contributed by atoms with Gasteiger partial charge >= 0.3 is 0 Å². The van der Waals surface area contributed by atoms with Crippen LogP contribution in [0, 0.1) is 10.1 Å². The molecule has 0 radical (unpaired) electrons. The molecule has 2 heterocycles. The zero-order chi connectivity index (χ0) is 14.1. The maximum Gasteiger partial charge on any atom is 0.269 e. The number of aryl methyl sites for hydroxylation is 1. The van der Waals surface area contributed by atoms with Crippen molar-refractivity contribution in [3.8, 4) is 10.6 Å². The first-order chi connectivity index (χ1) is 9.69. The predicted octanol–water partition coefficient (Wildman–Crippen LogP) is 2.71. The van der Waals surface area contributed by atoms with Crippen LogP contribution in [0.3, 0.4) is 0 Å². The average molecular weight is 289 g/mol. The predicted molar refractivity (Wildman–Crippen MR) is 74.7 cm³/mol. The highest BCUT2D eigenvalue weighted by molar-refractivity contribution is 7.19. The minimum Gasteiger partial charge on any atom is -0.258 e. The van der Waals surface area contributed by atoms with E-state index < -0.39 is 4.92 Å². The second-order valence-electron chi connectivity index (χ2n) is 4.27. The second-order valence-corrected chi connectivity index (χ2v) is 5.23. The van der Waals surface area contributed by atoms with Gasteiger partial charge in [-0.15, -0.1) is 10.2 Å². The van der Waals surface area contributed by atoms with E-state index in [1.165, 1.54) is 23.5 Å². The maximum atomic E-state index is 10.6. The normalized spacial score (nSPS) is 11.1. The van der Waals surface area contributed by atoms with Gasteiger partial charge in [0.1, 0.15) is 5.01 Å². The van der Waals surface area contributed by atoms with Gasteiger partial charge in [0.2, 0.25) is 4.96 Å². The van der Waals surface area contributed by atoms with Gasteiger partial charge in [-0.1, -0.05) is 18.3 Å². The topological polar surface area (TPSA) is 86.2 Å². The van der Waals surface area contributed by atoms with E-state index in [-0.39, 0.29) is 5.69 Å². The number of hydrogen-bond acceptors (Lipinski definition) is 6. The molecule has 0 N–H and O–H groups in total. The molecule has 0 bridgehead atoms. The van der Waals surface area contributed by atoms with Gasteiger partial charge in [-0.3, -0.25) is 10.1 Å². The number of fused-ring (bicyclic) bond motifs is 1. The highest BCUT2D eigenvalue weighted by Gasteiger charge is 2.13. The van der Waals surface area contributed by atoms with Crippen molar-refractivity contribution in [2.75, 3.05) is 0 Å². The number of rotatable bonds is 4. The zero-order valence-electron chi connectivity index (χ0n) is 10.7. The van der Waals surface area contributed by atoms with Crippen molar-refractivity contribution in [1.29, 1.82) is 0 Å². The van der Waals surface area contributed by atoms with Crippen LogP contribution in [-0.4, -0.2) is 24.7 Å². The van der Waals surface area contributed by atoms with E-state index in [1.807, 2.05) is 0 Å². The molecule has 0 aliphatic rings. The number of aromatic nitrogens is 4. The van der Waals surface area contributed by atoms with Gasteiger partial charge in [0.25, 0.3) is 5.69 Å². The average Bonchev–Trinajstić information content (AvgIpc) is 3.01. The summed E-state index contributed by atoms with van der Waals surface area (Å²) < 4.78 is 1.74. The third kappa shape index (κ3) is 2.14. The number of nitro groups is 1. The number of non-ortho nitro benzene ring substituents is 1. The zero-order valence-corrected chi connectivity index (χ0v) is 11.5. The Labute approximate surface area is 118 Å². The van der Waals surface area contributed by atoms with Gasteiger partial charge in [-0.05, 0) is 18.6 Å². The van der Waals surface area contributed by atoms with Gasteiger partial charge in [0, 0.05) is 24.1 Å². The molecule has 2 aromatic heterocycles. The monoisotopic (exact) mass is 289 g/mol. The summed E-state index contributed by atoms with van der Waals surface area (Å²) in [6.07, 6.45) is 1.80. The molecule has 0 spiro atoms. The molecule has 3 rings (SSSR count). The minimum absolute atomic E-state index is 0.0726. The van der Waals surface area contributed by atoms with Crippen molar-refractivity contribution in [2.24, 2.45) is 0 Å². The quantitative estimate of drug-likeness (QED) is 0.544. The van der Waals surface area contributed by atoms with Gasteiger partial charge in [0.15, 0.2) is 5.82 Å². The first-order valence-electron chi connectivity index (χ1n) is 6.15. The van der Waals surface area contributed by atoms with Gasteiger partial charge in [0.05, 0.1) is 4.92 Å². The maximum absolute atomic E-state index is 10.6. The molecule has 0 aliphatic carbocycles. The molecule has 7 nitrogen and oxygen atoms in total. The summed E-state index contributed by atoms with van der Waals surface area (Å²) in [5, 5.41) is 24.1. The summed E-state index contributed by atoms with van der Waals surface area (Å²) in [6, 6.07) is 6.35. The highest BCUT2D eigenvalue weighted by atomic mass is 32.1. The van der Waals surface area contributed by atoms with Crippen molar-refractivity contribution in [3.63, 3.8) is 0 Å². The van der Waals surface area contributed by atoms with E-state index in [2.05, 4.69) is 22.2 Å². The first-order valence-corrected chi connectivity index (χ1v) is 6.96. The Balaban J connectivity index is 1.99. The molecular weight excluding hydrogens is 278 g/mol. The fourth-order valence-electron chi connectivity index (χ4n) is 1.88. The summed E-state index contributed by atoms with van der Waals surface area (Å²) >= 11 is 1.42. The van der Waals surface area contributed by atoms with E-state index in [0.717, 1.165) is 34.2 Å². The molecule has 0 unspecified atom stereocenters. The van der Waals surface area contributed by atoms with Crippen molar-refractivity contribution in [1.82, 2.24) is 19.8 Å². The Morgan fingerprint density at radius 1 is 1.30 bits per heavy atom. The van der Waals surface area contributed by atoms with Crippen LogP contribution in [0.5, 0.6) is 0 Å². The lowest BCUT2D eigenvalue weighted by molar-refractivity contribution is -0.384. The van der Waals surface area contributed by atoms with Crippen LogP contribution in [-0.2, 0) is 6.42 Å². The third-order valence-corrected chi connectivity index (χ3v) is 3.80. The smallest absolute Gasteiger partial charge is 0.258 e. The Kier molecular flexibility index (Phi) is 3.15. The van der Waals surface area contributed by atoms with Crippen molar-refractivity contribution < 1.29 is 4.92 Å². The summed E-state index contributed by atoms with van der Waals surface area (Å²) in [5.74, 6) is 0.840. The first kappa shape index (κ1) is 12.7. The number of hydrogen-bond donors (Lipinski definition) is 0. The number of nitro benzene ring substituents is 1. The standard InChI is InChI=1S/C12H11N5O2S/c1-2-3-10-13-14-12-16(10)15-11(20-12)8-4-6-9(7-5-8)17(18)19/h4-7H,2-3H2,1H3. The van der Waals surface area contributed by atoms with E-state index in [4.69, 9.17) is 0 Å². The molecule has 20 heavy (non-hydrogen) atoms. The summed E-state index contributed by atoms with van der Waals surface area (Å²) in [6.45, 7) is 2.07. The van der Waals surface area contributed by atoms with Crippen LogP contribution in [0.4, 0.5) is 5.69 Å². The molecular formula is C12H11N5O2S. The summed E-state index contributed by atoms with van der Waals surface area (Å²) in [4.78, 5) is 11.0. The fourth-order valence-corrected chi connectivity index (χ4v) is 2.74. The van der Waals surface area contributed by atoms with Crippen LogP contribution in [0.1, 0.15) is 19.2 Å². The van der Waals surface area contributed by atoms with E-state index in [0.29, 0.717) is 0 Å². The molecule has 3 aromatic rings. The van der Waals surface area contributed by atoms with Crippen LogP contribution in [0.25, 0.3) is 15.5 Å². The Morgan fingerprint density at radius 2 is 2.05 bits per heavy atom. The van der Waals surface area contributed by atoms with Crippen LogP contribution in [0.15, 0.2) is 24.3 Å². The minimum atomic E-state index is -0.415. The Morgan fingerprint density at radius 3 is 2.70 bits per heavy atom. The van der Waals surface area contributed by atoms with Gasteiger partial charge in [-0.2, -0.15) is 9.61 Å². The highest BCUT2D eigenvalue weighted by Crippen LogP contribution is 2.27. The van der Waals surface area contributed by atoms with E-state index in [9.17, 15) is 10.1 Å². The van der Waals surface area contributed by atoms with Crippen molar-refractivity contribution in [3.05, 3.63) is 40.2 Å². The lowest BCUT2D eigenvalue weighted by Gasteiger charge is -1.95. The van der Waals surface area contributed by atoms with Crippen molar-refractivity contribution >= 4 is 22.0 Å². The Hall–Kier alpha value is -2.35. The molecule has 8 heteroatoms. The SMILES string of the molecule is CCCc1nnc2sc(-c3ccc([N+](=O)[O-])cc3)nn12. The molecule has 0 aliphatic heterocycles. The van der Waals surface area contributed by atoms with Crippen molar-refractivity contribution in [2.45, 2.75) is 19.8 Å². The number of benzene rings is 1. The van der Waals surface area contributed by atoms with Crippen LogP contribution >= 0.6 is 11.3 Å². The van der Waals surface area contributed by atoms with E-state index in [1.54, 1.807) is 16.6 Å². The lowest BCUT2D eigenvalue weighted by atomic mass is 10.2.